The molecular weight excluding hydrogens is 407 g/mol. The molecule has 0 spiro atoms. The van der Waals surface area contributed by atoms with E-state index in [4.69, 9.17) is 0 Å². The minimum atomic E-state index is -3.77. The minimum Gasteiger partial charge on any atom is -0.279 e. The summed E-state index contributed by atoms with van der Waals surface area (Å²) in [5, 5.41) is 10.8. The predicted octanol–water partition coefficient (Wildman–Crippen LogP) is 3.31. The molecular formula is C13H11IN2O4S. The van der Waals surface area contributed by atoms with Gasteiger partial charge >= 0.3 is 0 Å². The highest BCUT2D eigenvalue weighted by atomic mass is 127. The molecule has 1 N–H and O–H groups in total. The maximum atomic E-state index is 12.3. The van der Waals surface area contributed by atoms with Gasteiger partial charge in [0.1, 0.15) is 0 Å². The number of benzene rings is 2. The molecule has 2 rings (SSSR count). The molecule has 0 atom stereocenters. The summed E-state index contributed by atoms with van der Waals surface area (Å²) in [6.45, 7) is 1.68. The maximum Gasteiger partial charge on any atom is 0.271 e. The Balaban J connectivity index is 2.38. The third-order valence-corrected chi connectivity index (χ3v) is 4.90. The molecule has 0 radical (unpaired) electrons. The zero-order valence-corrected chi connectivity index (χ0v) is 13.9. The number of nitrogens with zero attached hydrogens (tertiary/aromatic N) is 1. The molecule has 0 aliphatic heterocycles. The lowest BCUT2D eigenvalue weighted by molar-refractivity contribution is -0.384. The van der Waals surface area contributed by atoms with Gasteiger partial charge in [0, 0.05) is 15.7 Å². The Morgan fingerprint density at radius 1 is 1.14 bits per heavy atom. The molecule has 0 aliphatic carbocycles. The van der Waals surface area contributed by atoms with E-state index in [9.17, 15) is 18.5 Å². The van der Waals surface area contributed by atoms with Crippen molar-refractivity contribution in [3.05, 3.63) is 61.7 Å². The van der Waals surface area contributed by atoms with E-state index in [-0.39, 0.29) is 16.3 Å². The molecule has 0 heterocycles. The second kappa shape index (κ2) is 5.98. The number of sulfonamides is 1. The van der Waals surface area contributed by atoms with Crippen molar-refractivity contribution < 1.29 is 13.3 Å². The van der Waals surface area contributed by atoms with Crippen LogP contribution in [0.5, 0.6) is 0 Å². The zero-order valence-electron chi connectivity index (χ0n) is 10.9. The van der Waals surface area contributed by atoms with Gasteiger partial charge in [0.15, 0.2) is 0 Å². The third kappa shape index (κ3) is 3.70. The SMILES string of the molecule is Cc1ccc([N+](=O)[O-])cc1NS(=O)(=O)c1ccc(I)cc1. The van der Waals surface area contributed by atoms with Crippen LogP contribution in [0.3, 0.4) is 0 Å². The summed E-state index contributed by atoms with van der Waals surface area (Å²) in [6.07, 6.45) is 0. The number of hydrogen-bond donors (Lipinski definition) is 1. The highest BCUT2D eigenvalue weighted by Gasteiger charge is 2.17. The van der Waals surface area contributed by atoms with Crippen molar-refractivity contribution in [3.8, 4) is 0 Å². The topological polar surface area (TPSA) is 89.3 Å². The zero-order chi connectivity index (χ0) is 15.6. The lowest BCUT2D eigenvalue weighted by atomic mass is 10.2. The first-order chi connectivity index (χ1) is 9.79. The van der Waals surface area contributed by atoms with Gasteiger partial charge in [-0.25, -0.2) is 8.42 Å². The number of nitrogens with one attached hydrogen (secondary N) is 1. The van der Waals surface area contributed by atoms with Gasteiger partial charge in [-0.1, -0.05) is 6.07 Å². The van der Waals surface area contributed by atoms with E-state index in [1.165, 1.54) is 30.3 Å². The fourth-order valence-corrected chi connectivity index (χ4v) is 3.13. The van der Waals surface area contributed by atoms with Gasteiger partial charge in [-0.3, -0.25) is 14.8 Å². The van der Waals surface area contributed by atoms with E-state index >= 15 is 0 Å². The van der Waals surface area contributed by atoms with Gasteiger partial charge in [0.05, 0.1) is 15.5 Å². The largest absolute Gasteiger partial charge is 0.279 e. The van der Waals surface area contributed by atoms with Crippen molar-refractivity contribution in [2.24, 2.45) is 0 Å². The van der Waals surface area contributed by atoms with E-state index in [0.717, 1.165) is 3.57 Å². The van der Waals surface area contributed by atoms with Gasteiger partial charge in [-0.15, -0.1) is 0 Å². The normalized spacial score (nSPS) is 11.1. The Hall–Kier alpha value is -1.68. The van der Waals surface area contributed by atoms with Crippen molar-refractivity contribution in [3.63, 3.8) is 0 Å². The number of aryl methyl sites for hydroxylation is 1. The average molecular weight is 418 g/mol. The Morgan fingerprint density at radius 2 is 1.76 bits per heavy atom. The number of nitro groups is 1. The summed E-state index contributed by atoms with van der Waals surface area (Å²) in [7, 11) is -3.77. The molecule has 8 heteroatoms. The summed E-state index contributed by atoms with van der Waals surface area (Å²) in [5.41, 5.74) is 0.637. The minimum absolute atomic E-state index is 0.105. The number of non-ortho nitro benzene ring substituents is 1. The Labute approximate surface area is 135 Å². The first-order valence-corrected chi connectivity index (χ1v) is 8.39. The van der Waals surface area contributed by atoms with Crippen molar-refractivity contribution in [1.82, 2.24) is 0 Å². The van der Waals surface area contributed by atoms with E-state index < -0.39 is 14.9 Å². The first kappa shape index (κ1) is 15.7. The quantitative estimate of drug-likeness (QED) is 0.469. The summed E-state index contributed by atoms with van der Waals surface area (Å²) >= 11 is 2.07. The first-order valence-electron chi connectivity index (χ1n) is 5.83. The molecule has 0 bridgehead atoms. The monoisotopic (exact) mass is 418 g/mol. The van der Waals surface area contributed by atoms with Crippen LogP contribution in [0.1, 0.15) is 5.56 Å². The van der Waals surface area contributed by atoms with Crippen LogP contribution in [-0.2, 0) is 10.0 Å². The van der Waals surface area contributed by atoms with Crippen molar-refractivity contribution in [2.75, 3.05) is 4.72 Å². The van der Waals surface area contributed by atoms with Crippen LogP contribution >= 0.6 is 22.6 Å². The van der Waals surface area contributed by atoms with Crippen LogP contribution in [0, 0.1) is 20.6 Å². The predicted molar refractivity (Wildman–Crippen MR) is 87.8 cm³/mol. The second-order valence-corrected chi connectivity index (χ2v) is 7.24. The van der Waals surface area contributed by atoms with Gasteiger partial charge in [0.2, 0.25) is 0 Å². The van der Waals surface area contributed by atoms with Crippen LogP contribution in [0.15, 0.2) is 47.4 Å². The molecule has 110 valence electrons. The molecule has 0 amide bonds. The van der Waals surface area contributed by atoms with Gasteiger partial charge in [0.25, 0.3) is 15.7 Å². The van der Waals surface area contributed by atoms with Crippen LogP contribution in [0.25, 0.3) is 0 Å². The highest BCUT2D eigenvalue weighted by molar-refractivity contribution is 14.1. The highest BCUT2D eigenvalue weighted by Crippen LogP contribution is 2.24. The summed E-state index contributed by atoms with van der Waals surface area (Å²) in [4.78, 5) is 10.3. The van der Waals surface area contributed by atoms with Gasteiger partial charge in [-0.05, 0) is 59.3 Å². The summed E-state index contributed by atoms with van der Waals surface area (Å²) in [5.74, 6) is 0. The molecule has 0 aliphatic rings. The fourth-order valence-electron chi connectivity index (χ4n) is 1.65. The number of halogens is 1. The molecule has 0 aromatic heterocycles. The summed E-state index contributed by atoms with van der Waals surface area (Å²) in [6, 6.07) is 10.4. The maximum absolute atomic E-state index is 12.3. The lowest BCUT2D eigenvalue weighted by Gasteiger charge is -2.10. The van der Waals surface area contributed by atoms with Crippen molar-refractivity contribution in [1.29, 1.82) is 0 Å². The Kier molecular flexibility index (Phi) is 4.47. The fraction of sp³-hybridized carbons (Fsp3) is 0.0769. The van der Waals surface area contributed by atoms with E-state index in [2.05, 4.69) is 27.3 Å². The molecule has 0 saturated heterocycles. The second-order valence-electron chi connectivity index (χ2n) is 4.32. The number of anilines is 1. The van der Waals surface area contributed by atoms with Crippen molar-refractivity contribution in [2.45, 2.75) is 11.8 Å². The smallest absolute Gasteiger partial charge is 0.271 e. The van der Waals surface area contributed by atoms with E-state index in [0.29, 0.717) is 5.56 Å². The van der Waals surface area contributed by atoms with E-state index in [1.54, 1.807) is 19.1 Å². The third-order valence-electron chi connectivity index (χ3n) is 2.80. The molecule has 21 heavy (non-hydrogen) atoms. The molecule has 0 unspecified atom stereocenters. The van der Waals surface area contributed by atoms with E-state index in [1.807, 2.05) is 0 Å². The van der Waals surface area contributed by atoms with Crippen LogP contribution in [-0.4, -0.2) is 13.3 Å². The molecule has 2 aromatic carbocycles. The van der Waals surface area contributed by atoms with Gasteiger partial charge in [-0.2, -0.15) is 0 Å². The summed E-state index contributed by atoms with van der Waals surface area (Å²) < 4.78 is 27.8. The lowest BCUT2D eigenvalue weighted by Crippen LogP contribution is -2.13. The number of rotatable bonds is 4. The van der Waals surface area contributed by atoms with Crippen molar-refractivity contribution >= 4 is 44.0 Å². The molecule has 6 nitrogen and oxygen atoms in total. The van der Waals surface area contributed by atoms with Gasteiger partial charge < -0.3 is 0 Å². The van der Waals surface area contributed by atoms with Crippen LogP contribution in [0.2, 0.25) is 0 Å². The Morgan fingerprint density at radius 3 is 2.33 bits per heavy atom. The Bertz CT molecular complexity index is 788. The standard InChI is InChI=1S/C13H11IN2O4S/c1-9-2-5-11(16(17)18)8-13(9)15-21(19,20)12-6-3-10(14)4-7-12/h2-8,15H,1H3. The van der Waals surface area contributed by atoms with Crippen LogP contribution in [0.4, 0.5) is 11.4 Å². The number of hydrogen-bond acceptors (Lipinski definition) is 4. The molecule has 0 fully saturated rings. The number of nitro benzene ring substituents is 1. The molecule has 2 aromatic rings. The van der Waals surface area contributed by atoms with Crippen LogP contribution < -0.4 is 4.72 Å². The molecule has 0 saturated carbocycles. The average Bonchev–Trinajstić information content (AvgIpc) is 2.41.